The highest BCUT2D eigenvalue weighted by atomic mass is 79.9. The van der Waals surface area contributed by atoms with Gasteiger partial charge in [-0.05, 0) is 44.9 Å². The summed E-state index contributed by atoms with van der Waals surface area (Å²) < 4.78 is 19.1. The van der Waals surface area contributed by atoms with Gasteiger partial charge in [-0.3, -0.25) is 4.21 Å². The molecule has 1 aromatic carbocycles. The van der Waals surface area contributed by atoms with Crippen LogP contribution in [0.4, 0.5) is 5.69 Å². The summed E-state index contributed by atoms with van der Waals surface area (Å²) in [6.07, 6.45) is 2.05. The van der Waals surface area contributed by atoms with Gasteiger partial charge in [0.25, 0.3) is 0 Å². The topological polar surface area (TPSA) is 52.3 Å². The average Bonchev–Trinajstić information content (AvgIpc) is 2.61. The van der Waals surface area contributed by atoms with Crippen LogP contribution in [0.3, 0.4) is 0 Å². The van der Waals surface area contributed by atoms with Gasteiger partial charge >= 0.3 is 0 Å². The molecule has 0 radical (unpaired) electrons. The van der Waals surface area contributed by atoms with Crippen LogP contribution in [0.1, 0.15) is 26.7 Å². The van der Waals surface area contributed by atoms with Crippen molar-refractivity contribution in [3.05, 3.63) is 22.7 Å². The van der Waals surface area contributed by atoms with Crippen molar-refractivity contribution < 1.29 is 8.95 Å². The number of nitrogens with two attached hydrogens (primary N) is 1. The predicted molar refractivity (Wildman–Crippen MR) is 78.0 cm³/mol. The molecule has 1 aromatic rings. The molecule has 2 unspecified atom stereocenters. The Morgan fingerprint density at radius 1 is 1.56 bits per heavy atom. The lowest BCUT2D eigenvalue weighted by molar-refractivity contribution is -0.00498. The lowest BCUT2D eigenvalue weighted by atomic mass is 10.1. The summed E-state index contributed by atoms with van der Waals surface area (Å²) in [4.78, 5) is 0.692. The Kier molecular flexibility index (Phi) is 4.14. The van der Waals surface area contributed by atoms with Crippen molar-refractivity contribution in [2.24, 2.45) is 0 Å². The monoisotopic (exact) mass is 331 g/mol. The number of benzene rings is 1. The van der Waals surface area contributed by atoms with Gasteiger partial charge in [-0.2, -0.15) is 0 Å². The second-order valence-electron chi connectivity index (χ2n) is 5.23. The first-order valence-corrected chi connectivity index (χ1v) is 8.10. The van der Waals surface area contributed by atoms with E-state index in [1.807, 2.05) is 12.1 Å². The fourth-order valence-corrected chi connectivity index (χ4v) is 4.01. The molecule has 2 N–H and O–H groups in total. The van der Waals surface area contributed by atoms with Crippen molar-refractivity contribution in [3.63, 3.8) is 0 Å². The number of hydrogen-bond acceptors (Lipinski definition) is 3. The van der Waals surface area contributed by atoms with E-state index in [1.165, 1.54) is 0 Å². The second-order valence-corrected chi connectivity index (χ2v) is 7.61. The molecule has 100 valence electrons. The number of anilines is 1. The van der Waals surface area contributed by atoms with Gasteiger partial charge < -0.3 is 10.5 Å². The number of nitrogen functional groups attached to an aromatic ring is 1. The van der Waals surface area contributed by atoms with Gasteiger partial charge in [0.15, 0.2) is 0 Å². The van der Waals surface area contributed by atoms with Gasteiger partial charge in [0.1, 0.15) is 0 Å². The molecule has 1 saturated heterocycles. The molecule has 1 aliphatic heterocycles. The van der Waals surface area contributed by atoms with Crippen molar-refractivity contribution in [1.29, 1.82) is 0 Å². The summed E-state index contributed by atoms with van der Waals surface area (Å²) in [6.45, 7) is 4.15. The normalized spacial score (nSPS) is 24.1. The van der Waals surface area contributed by atoms with Crippen molar-refractivity contribution in [2.45, 2.75) is 43.3 Å². The van der Waals surface area contributed by atoms with Gasteiger partial charge in [-0.15, -0.1) is 0 Å². The van der Waals surface area contributed by atoms with Crippen LogP contribution in [0.5, 0.6) is 0 Å². The molecule has 0 spiro atoms. The third-order valence-corrected chi connectivity index (χ3v) is 5.12. The molecule has 0 bridgehead atoms. The van der Waals surface area contributed by atoms with Crippen molar-refractivity contribution in [3.8, 4) is 0 Å². The predicted octanol–water partition coefficient (Wildman–Crippen LogP) is 3.10. The fourth-order valence-electron chi connectivity index (χ4n) is 2.16. The molecular formula is C13H18BrNO2S. The van der Waals surface area contributed by atoms with Gasteiger partial charge in [0.2, 0.25) is 0 Å². The Hall–Kier alpha value is -0.390. The molecule has 1 fully saturated rings. The van der Waals surface area contributed by atoms with E-state index in [-0.39, 0.29) is 11.7 Å². The van der Waals surface area contributed by atoms with E-state index in [1.54, 1.807) is 6.07 Å². The molecule has 5 heteroatoms. The fraction of sp³-hybridized carbons (Fsp3) is 0.538. The Labute approximate surface area is 119 Å². The minimum absolute atomic E-state index is 0.0687. The van der Waals surface area contributed by atoms with Crippen LogP contribution < -0.4 is 5.73 Å². The Bertz CT molecular complexity index is 476. The first-order valence-electron chi connectivity index (χ1n) is 5.99. The number of hydrogen-bond donors (Lipinski definition) is 1. The van der Waals surface area contributed by atoms with Crippen LogP contribution in [0.2, 0.25) is 0 Å². The van der Waals surface area contributed by atoms with Crippen molar-refractivity contribution >= 4 is 32.4 Å². The Balaban J connectivity index is 2.06. The van der Waals surface area contributed by atoms with Gasteiger partial charge in [-0.1, -0.05) is 15.9 Å². The number of halogens is 1. The molecule has 2 rings (SSSR count). The van der Waals surface area contributed by atoms with Crippen LogP contribution in [-0.2, 0) is 15.5 Å². The van der Waals surface area contributed by atoms with Crippen molar-refractivity contribution in [2.75, 3.05) is 11.5 Å². The zero-order valence-corrected chi connectivity index (χ0v) is 13.0. The lowest BCUT2D eigenvalue weighted by Gasteiger charge is -2.19. The maximum Gasteiger partial charge on any atom is 0.0702 e. The van der Waals surface area contributed by atoms with Crippen LogP contribution in [0.25, 0.3) is 0 Å². The van der Waals surface area contributed by atoms with E-state index in [2.05, 4.69) is 29.8 Å². The quantitative estimate of drug-likeness (QED) is 0.866. The number of ether oxygens (including phenoxy) is 1. The van der Waals surface area contributed by atoms with E-state index in [4.69, 9.17) is 10.5 Å². The lowest BCUT2D eigenvalue weighted by Crippen LogP contribution is -2.23. The largest absolute Gasteiger partial charge is 0.398 e. The smallest absolute Gasteiger partial charge is 0.0702 e. The molecule has 2 atom stereocenters. The number of rotatable bonds is 3. The zero-order chi connectivity index (χ0) is 13.3. The van der Waals surface area contributed by atoms with Crippen LogP contribution in [0, 0.1) is 0 Å². The molecule has 3 nitrogen and oxygen atoms in total. The minimum Gasteiger partial charge on any atom is -0.398 e. The van der Waals surface area contributed by atoms with E-state index in [0.717, 1.165) is 17.3 Å². The van der Waals surface area contributed by atoms with Crippen LogP contribution >= 0.6 is 15.9 Å². The standard InChI is InChI=1S/C13H18BrNO2S/c1-13(2)6-5-10(17-13)8-18(16)12-7-9(14)3-4-11(12)15/h3-4,7,10H,5-6,8,15H2,1-2H3. The zero-order valence-electron chi connectivity index (χ0n) is 10.6. The molecule has 0 amide bonds. The minimum atomic E-state index is -1.11. The van der Waals surface area contributed by atoms with Crippen LogP contribution in [-0.4, -0.2) is 21.7 Å². The second kappa shape index (κ2) is 5.31. The van der Waals surface area contributed by atoms with Gasteiger partial charge in [0, 0.05) is 10.2 Å². The summed E-state index contributed by atoms with van der Waals surface area (Å²) in [7, 11) is -1.11. The van der Waals surface area contributed by atoms with Gasteiger partial charge in [-0.25, -0.2) is 0 Å². The molecule has 1 aliphatic rings. The Morgan fingerprint density at radius 2 is 2.28 bits per heavy atom. The highest BCUT2D eigenvalue weighted by Crippen LogP contribution is 2.31. The summed E-state index contributed by atoms with van der Waals surface area (Å²) in [5, 5.41) is 0. The molecular weight excluding hydrogens is 314 g/mol. The molecule has 0 aliphatic carbocycles. The highest BCUT2D eigenvalue weighted by Gasteiger charge is 2.32. The van der Waals surface area contributed by atoms with E-state index < -0.39 is 10.8 Å². The van der Waals surface area contributed by atoms with Crippen LogP contribution in [0.15, 0.2) is 27.6 Å². The first kappa shape index (κ1) is 14.0. The van der Waals surface area contributed by atoms with E-state index in [0.29, 0.717) is 16.3 Å². The maximum atomic E-state index is 12.3. The summed E-state index contributed by atoms with van der Waals surface area (Å²) in [6, 6.07) is 5.45. The average molecular weight is 332 g/mol. The maximum absolute atomic E-state index is 12.3. The Morgan fingerprint density at radius 3 is 2.89 bits per heavy atom. The summed E-state index contributed by atoms with van der Waals surface area (Å²) in [5.74, 6) is 0.518. The SMILES string of the molecule is CC1(C)CCC(CS(=O)c2cc(Br)ccc2N)O1. The van der Waals surface area contributed by atoms with Gasteiger partial charge in [0.05, 0.1) is 33.2 Å². The highest BCUT2D eigenvalue weighted by molar-refractivity contribution is 9.10. The first-order chi connectivity index (χ1) is 8.37. The third kappa shape index (κ3) is 3.33. The summed E-state index contributed by atoms with van der Waals surface area (Å²) in [5.41, 5.74) is 6.36. The third-order valence-electron chi connectivity index (χ3n) is 3.11. The van der Waals surface area contributed by atoms with E-state index >= 15 is 0 Å². The molecule has 18 heavy (non-hydrogen) atoms. The molecule has 0 aromatic heterocycles. The van der Waals surface area contributed by atoms with Crippen molar-refractivity contribution in [1.82, 2.24) is 0 Å². The van der Waals surface area contributed by atoms with E-state index in [9.17, 15) is 4.21 Å². The summed E-state index contributed by atoms with van der Waals surface area (Å²) >= 11 is 3.37. The molecule has 1 heterocycles. The molecule has 0 saturated carbocycles.